The molecule has 0 radical (unpaired) electrons. The van der Waals surface area contributed by atoms with E-state index in [2.05, 4.69) is 25.8 Å². The Hall–Kier alpha value is -2.04. The molecular weight excluding hydrogens is 444 g/mol. The standard InChI is InChI=1S/C16H15BrN2O5S2/c1-10-14(17)15(24-18-10)19-26(20,21)16-11(7-8-25-16)9-23-13-5-3-12(22-2)4-6-13/h3-8,19H,9H2,1-2H3. The summed E-state index contributed by atoms with van der Waals surface area (Å²) in [7, 11) is -2.24. The van der Waals surface area contributed by atoms with Crippen LogP contribution in [0.2, 0.25) is 0 Å². The third kappa shape index (κ3) is 4.02. The van der Waals surface area contributed by atoms with Crippen LogP contribution in [0.4, 0.5) is 5.88 Å². The molecule has 1 N–H and O–H groups in total. The van der Waals surface area contributed by atoms with E-state index >= 15 is 0 Å². The van der Waals surface area contributed by atoms with Crippen LogP contribution >= 0.6 is 27.3 Å². The lowest BCUT2D eigenvalue weighted by molar-refractivity contribution is 0.303. The first-order valence-corrected chi connectivity index (χ1v) is 10.5. The van der Waals surface area contributed by atoms with E-state index in [1.165, 1.54) is 0 Å². The monoisotopic (exact) mass is 458 g/mol. The number of halogens is 1. The average molecular weight is 459 g/mol. The van der Waals surface area contributed by atoms with Crippen molar-refractivity contribution in [2.45, 2.75) is 17.7 Å². The average Bonchev–Trinajstić information content (AvgIpc) is 3.23. The minimum atomic E-state index is -3.82. The van der Waals surface area contributed by atoms with Crippen LogP contribution in [0.1, 0.15) is 11.3 Å². The maximum Gasteiger partial charge on any atom is 0.274 e. The number of aryl methyl sites for hydroxylation is 1. The number of aromatic nitrogens is 1. The molecule has 7 nitrogen and oxygen atoms in total. The predicted molar refractivity (Wildman–Crippen MR) is 101 cm³/mol. The van der Waals surface area contributed by atoms with Gasteiger partial charge in [-0.15, -0.1) is 11.3 Å². The van der Waals surface area contributed by atoms with Gasteiger partial charge in [-0.3, -0.25) is 0 Å². The van der Waals surface area contributed by atoms with Gasteiger partial charge in [-0.25, -0.2) is 13.1 Å². The molecule has 0 aliphatic rings. The summed E-state index contributed by atoms with van der Waals surface area (Å²) in [6, 6.07) is 8.76. The molecule has 0 bridgehead atoms. The molecule has 138 valence electrons. The number of ether oxygens (including phenoxy) is 2. The fraction of sp³-hybridized carbons (Fsp3) is 0.188. The summed E-state index contributed by atoms with van der Waals surface area (Å²) in [5, 5.41) is 5.41. The molecule has 2 aromatic heterocycles. The highest BCUT2D eigenvalue weighted by Gasteiger charge is 2.24. The highest BCUT2D eigenvalue weighted by Crippen LogP contribution is 2.31. The maximum atomic E-state index is 12.7. The van der Waals surface area contributed by atoms with Crippen LogP contribution in [-0.2, 0) is 16.6 Å². The van der Waals surface area contributed by atoms with E-state index in [1.807, 2.05) is 0 Å². The highest BCUT2D eigenvalue weighted by molar-refractivity contribution is 9.10. The minimum absolute atomic E-state index is 0.0397. The molecule has 0 saturated heterocycles. The molecule has 0 unspecified atom stereocenters. The predicted octanol–water partition coefficient (Wildman–Crippen LogP) is 4.20. The quantitative estimate of drug-likeness (QED) is 0.570. The Labute approximate surface area is 163 Å². The van der Waals surface area contributed by atoms with E-state index in [9.17, 15) is 8.42 Å². The van der Waals surface area contributed by atoms with Crippen LogP contribution < -0.4 is 14.2 Å². The summed E-state index contributed by atoms with van der Waals surface area (Å²) < 4.78 is 44.1. The van der Waals surface area contributed by atoms with Gasteiger partial charge in [0, 0.05) is 5.56 Å². The van der Waals surface area contributed by atoms with Crippen LogP contribution in [0.3, 0.4) is 0 Å². The second-order valence-electron chi connectivity index (χ2n) is 5.21. The minimum Gasteiger partial charge on any atom is -0.497 e. The highest BCUT2D eigenvalue weighted by atomic mass is 79.9. The Morgan fingerprint density at radius 2 is 1.92 bits per heavy atom. The van der Waals surface area contributed by atoms with Gasteiger partial charge in [0.25, 0.3) is 15.9 Å². The number of hydrogen-bond donors (Lipinski definition) is 1. The second-order valence-corrected chi connectivity index (χ2v) is 8.80. The van der Waals surface area contributed by atoms with Crippen molar-refractivity contribution >= 4 is 43.2 Å². The summed E-state index contributed by atoms with van der Waals surface area (Å²) in [5.74, 6) is 1.37. The maximum absolute atomic E-state index is 12.7. The van der Waals surface area contributed by atoms with E-state index in [0.29, 0.717) is 27.2 Å². The van der Waals surface area contributed by atoms with Gasteiger partial charge in [-0.05, 0) is 58.6 Å². The lowest BCUT2D eigenvalue weighted by Gasteiger charge is -2.09. The molecule has 3 aromatic rings. The number of sulfonamides is 1. The lowest BCUT2D eigenvalue weighted by Crippen LogP contribution is -2.13. The summed E-state index contributed by atoms with van der Waals surface area (Å²) in [6.45, 7) is 1.81. The van der Waals surface area contributed by atoms with Gasteiger partial charge in [0.2, 0.25) is 0 Å². The lowest BCUT2D eigenvalue weighted by atomic mass is 10.3. The van der Waals surface area contributed by atoms with Gasteiger partial charge >= 0.3 is 0 Å². The fourth-order valence-corrected chi connectivity index (χ4v) is 4.84. The van der Waals surface area contributed by atoms with E-state index in [0.717, 1.165) is 11.3 Å². The Balaban J connectivity index is 1.75. The number of methoxy groups -OCH3 is 1. The largest absolute Gasteiger partial charge is 0.497 e. The zero-order valence-electron chi connectivity index (χ0n) is 13.9. The number of hydrogen-bond acceptors (Lipinski definition) is 7. The molecule has 0 amide bonds. The number of rotatable bonds is 7. The van der Waals surface area contributed by atoms with E-state index in [4.69, 9.17) is 14.0 Å². The summed E-state index contributed by atoms with van der Waals surface area (Å²) in [6.07, 6.45) is 0. The second kappa shape index (κ2) is 7.68. The number of nitrogens with zero attached hydrogens (tertiary/aromatic N) is 1. The Morgan fingerprint density at radius 1 is 1.23 bits per heavy atom. The number of benzene rings is 1. The molecular formula is C16H15BrN2O5S2. The van der Waals surface area contributed by atoms with Crippen molar-refractivity contribution < 1.29 is 22.4 Å². The van der Waals surface area contributed by atoms with E-state index < -0.39 is 10.0 Å². The Kier molecular flexibility index (Phi) is 5.54. The summed E-state index contributed by atoms with van der Waals surface area (Å²) in [5.41, 5.74) is 1.10. The van der Waals surface area contributed by atoms with Crippen molar-refractivity contribution in [1.29, 1.82) is 0 Å². The van der Waals surface area contributed by atoms with Gasteiger partial charge < -0.3 is 14.0 Å². The molecule has 1 aromatic carbocycles. The van der Waals surface area contributed by atoms with Crippen LogP contribution in [0.25, 0.3) is 0 Å². The van der Waals surface area contributed by atoms with Crippen LogP contribution in [0, 0.1) is 6.92 Å². The van der Waals surface area contributed by atoms with Crippen LogP contribution in [0.5, 0.6) is 11.5 Å². The van der Waals surface area contributed by atoms with Crippen molar-refractivity contribution in [1.82, 2.24) is 5.16 Å². The molecule has 2 heterocycles. The molecule has 3 rings (SSSR count). The number of thiophene rings is 1. The SMILES string of the molecule is COc1ccc(OCc2ccsc2S(=O)(=O)Nc2onc(C)c2Br)cc1. The zero-order valence-corrected chi connectivity index (χ0v) is 17.1. The fourth-order valence-electron chi connectivity index (χ4n) is 2.09. The van der Waals surface area contributed by atoms with Crippen LogP contribution in [-0.4, -0.2) is 20.7 Å². The van der Waals surface area contributed by atoms with E-state index in [-0.39, 0.29) is 16.7 Å². The molecule has 0 spiro atoms. The van der Waals surface area contributed by atoms with Gasteiger partial charge in [-0.1, -0.05) is 5.16 Å². The first-order valence-electron chi connectivity index (χ1n) is 7.38. The third-order valence-electron chi connectivity index (χ3n) is 3.42. The Bertz CT molecular complexity index is 996. The molecule has 26 heavy (non-hydrogen) atoms. The summed E-state index contributed by atoms with van der Waals surface area (Å²) >= 11 is 4.34. The summed E-state index contributed by atoms with van der Waals surface area (Å²) in [4.78, 5) is 0. The van der Waals surface area contributed by atoms with Crippen molar-refractivity contribution in [2.75, 3.05) is 11.8 Å². The molecule has 0 atom stereocenters. The molecule has 0 saturated carbocycles. The van der Waals surface area contributed by atoms with Crippen molar-refractivity contribution in [3.05, 3.63) is 51.4 Å². The topological polar surface area (TPSA) is 90.7 Å². The zero-order chi connectivity index (χ0) is 18.7. The molecule has 0 aliphatic carbocycles. The van der Waals surface area contributed by atoms with Gasteiger partial charge in [-0.2, -0.15) is 0 Å². The first kappa shape index (κ1) is 18.7. The van der Waals surface area contributed by atoms with Crippen LogP contribution in [0.15, 0.2) is 48.9 Å². The Morgan fingerprint density at radius 3 is 2.54 bits per heavy atom. The van der Waals surface area contributed by atoms with Gasteiger partial charge in [0.15, 0.2) is 0 Å². The third-order valence-corrected chi connectivity index (χ3v) is 7.26. The number of nitrogens with one attached hydrogen (secondary N) is 1. The molecule has 0 fully saturated rings. The molecule has 10 heteroatoms. The van der Waals surface area contributed by atoms with Crippen molar-refractivity contribution in [3.8, 4) is 11.5 Å². The van der Waals surface area contributed by atoms with Crippen molar-refractivity contribution in [3.63, 3.8) is 0 Å². The smallest absolute Gasteiger partial charge is 0.274 e. The van der Waals surface area contributed by atoms with Gasteiger partial charge in [0.05, 0.1) is 12.8 Å². The first-order chi connectivity index (χ1) is 12.4. The normalized spacial score (nSPS) is 11.3. The van der Waals surface area contributed by atoms with E-state index in [1.54, 1.807) is 49.7 Å². The molecule has 0 aliphatic heterocycles. The van der Waals surface area contributed by atoms with Crippen molar-refractivity contribution in [2.24, 2.45) is 0 Å². The van der Waals surface area contributed by atoms with Gasteiger partial charge in [0.1, 0.15) is 26.8 Å². The number of anilines is 1.